The third-order valence-electron chi connectivity index (χ3n) is 9.90. The summed E-state index contributed by atoms with van der Waals surface area (Å²) >= 11 is 1.35. The summed E-state index contributed by atoms with van der Waals surface area (Å²) in [5, 5.41) is 1.36. The Balaban J connectivity index is 1.20. The predicted octanol–water partition coefficient (Wildman–Crippen LogP) is 12.9. The molecule has 0 saturated heterocycles. The van der Waals surface area contributed by atoms with Crippen LogP contribution in [-0.2, 0) is 5.41 Å². The highest BCUT2D eigenvalue weighted by Crippen LogP contribution is 2.49. The molecule has 1 aliphatic rings. The first-order chi connectivity index (χ1) is 29.6. The lowest BCUT2D eigenvalue weighted by atomic mass is 9.82. The van der Waals surface area contributed by atoms with E-state index in [0.29, 0.717) is 33.1 Å². The van der Waals surface area contributed by atoms with E-state index in [1.165, 1.54) is 28.0 Å². The fourth-order valence-corrected chi connectivity index (χ4v) is 8.58. The molecule has 0 atom stereocenters. The van der Waals surface area contributed by atoms with Gasteiger partial charge in [0.15, 0.2) is 17.5 Å². The summed E-state index contributed by atoms with van der Waals surface area (Å²) in [6.45, 7) is 4.47. The minimum Gasteiger partial charge on any atom is -0.208 e. The molecule has 0 saturated carbocycles. The highest BCUT2D eigenvalue weighted by molar-refractivity contribution is 7.26. The molecular formula is C48H33N3S. The SMILES string of the molecule is [2H]c1c([2H])c([2H])c(-c2cc(-c3c([2H])c([2H])c([2H])c([2H])c3[2H])c3sc4cc(-c5nc(-c6ccccc6)nc(-c6ccc7c(c6)-c6ccccc6C7(C)C)n5)ccc4c3c2)c([2H])c1[2H]. The Bertz CT molecular complexity index is 3340. The molecule has 0 spiro atoms. The zero-order valence-corrected chi connectivity index (χ0v) is 28.9. The number of rotatable bonds is 5. The summed E-state index contributed by atoms with van der Waals surface area (Å²) in [6, 6.07) is 28.8. The van der Waals surface area contributed by atoms with Gasteiger partial charge in [-0.05, 0) is 63.2 Å². The van der Waals surface area contributed by atoms with Gasteiger partial charge in [0, 0.05) is 47.8 Å². The van der Waals surface area contributed by atoms with Crippen molar-refractivity contribution in [3.63, 3.8) is 0 Å². The van der Waals surface area contributed by atoms with E-state index in [1.54, 1.807) is 12.1 Å². The molecule has 4 heteroatoms. The number of fused-ring (bicyclic) bond motifs is 6. The summed E-state index contributed by atoms with van der Waals surface area (Å²) in [6.07, 6.45) is 0. The molecule has 2 heterocycles. The summed E-state index contributed by atoms with van der Waals surface area (Å²) in [7, 11) is 0. The van der Waals surface area contributed by atoms with E-state index in [9.17, 15) is 0 Å². The summed E-state index contributed by atoms with van der Waals surface area (Å²) in [4.78, 5) is 15.1. The van der Waals surface area contributed by atoms with E-state index in [-0.39, 0.29) is 27.7 Å². The lowest BCUT2D eigenvalue weighted by Gasteiger charge is -2.21. The van der Waals surface area contributed by atoms with Crippen molar-refractivity contribution in [2.24, 2.45) is 0 Å². The quantitative estimate of drug-likeness (QED) is 0.180. The van der Waals surface area contributed by atoms with E-state index in [0.717, 1.165) is 26.8 Å². The Morgan fingerprint density at radius 2 is 1.06 bits per heavy atom. The standard InChI is InChI=1S/C48H33N3S/c1-48(2)41-21-13-12-20-36(41)39-26-33(23-25-42(39)48)46-49-45(32-18-10-5-11-19-32)50-47(51-46)34-22-24-37-40-28-35(30-14-6-3-7-15-30)27-38(31-16-8-4-9-17-31)44(40)52-43(37)29-34/h3-29H,1-2H3/i3D,4D,6D,7D,8D,9D,14D,15D,16D,17D. The molecule has 246 valence electrons. The van der Waals surface area contributed by atoms with Gasteiger partial charge in [-0.1, -0.05) is 153 Å². The van der Waals surface area contributed by atoms with Crippen LogP contribution in [0.15, 0.2) is 164 Å². The van der Waals surface area contributed by atoms with Crippen LogP contribution in [-0.4, -0.2) is 15.0 Å². The zero-order valence-electron chi connectivity index (χ0n) is 38.1. The van der Waals surface area contributed by atoms with Crippen molar-refractivity contribution in [3.8, 4) is 67.5 Å². The first kappa shape index (κ1) is 21.9. The zero-order chi connectivity index (χ0) is 43.5. The van der Waals surface area contributed by atoms with Crippen LogP contribution in [0.3, 0.4) is 0 Å². The molecule has 0 aliphatic heterocycles. The number of benzene rings is 7. The van der Waals surface area contributed by atoms with E-state index < -0.39 is 60.4 Å². The van der Waals surface area contributed by atoms with Crippen molar-refractivity contribution < 1.29 is 13.7 Å². The van der Waals surface area contributed by atoms with Crippen LogP contribution in [0.1, 0.15) is 38.7 Å². The summed E-state index contributed by atoms with van der Waals surface area (Å²) in [5.41, 5.74) is 7.39. The van der Waals surface area contributed by atoms with Crippen molar-refractivity contribution in [2.45, 2.75) is 19.3 Å². The average molecular weight is 694 g/mol. The maximum absolute atomic E-state index is 8.91. The average Bonchev–Trinajstić information content (AvgIpc) is 3.77. The van der Waals surface area contributed by atoms with E-state index >= 15 is 0 Å². The highest BCUT2D eigenvalue weighted by Gasteiger charge is 2.35. The molecule has 0 unspecified atom stereocenters. The largest absolute Gasteiger partial charge is 0.208 e. The van der Waals surface area contributed by atoms with Gasteiger partial charge in [0.05, 0.1) is 13.7 Å². The van der Waals surface area contributed by atoms with E-state index in [2.05, 4.69) is 56.3 Å². The molecule has 9 aromatic rings. The van der Waals surface area contributed by atoms with Crippen LogP contribution in [0.25, 0.3) is 87.7 Å². The molecule has 0 amide bonds. The number of hydrogen-bond acceptors (Lipinski definition) is 4. The molecule has 1 aliphatic carbocycles. The second-order valence-corrected chi connectivity index (χ2v) is 14.4. The van der Waals surface area contributed by atoms with Crippen molar-refractivity contribution >= 4 is 31.5 Å². The molecule has 0 bridgehead atoms. The lowest BCUT2D eigenvalue weighted by Crippen LogP contribution is -2.14. The normalized spacial score (nSPS) is 15.7. The second kappa shape index (κ2) is 11.9. The first-order valence-corrected chi connectivity index (χ1v) is 17.7. The third-order valence-corrected chi connectivity index (χ3v) is 11.1. The van der Waals surface area contributed by atoms with Crippen molar-refractivity contribution in [1.29, 1.82) is 0 Å². The smallest absolute Gasteiger partial charge is 0.164 e. The number of thiophene rings is 1. The van der Waals surface area contributed by atoms with Gasteiger partial charge in [-0.15, -0.1) is 11.3 Å². The van der Waals surface area contributed by atoms with Gasteiger partial charge in [-0.3, -0.25) is 0 Å². The van der Waals surface area contributed by atoms with Gasteiger partial charge in [0.1, 0.15) is 0 Å². The van der Waals surface area contributed by atoms with Gasteiger partial charge in [-0.25, -0.2) is 15.0 Å². The Morgan fingerprint density at radius 1 is 0.462 bits per heavy atom. The van der Waals surface area contributed by atoms with Gasteiger partial charge in [-0.2, -0.15) is 0 Å². The predicted molar refractivity (Wildman–Crippen MR) is 217 cm³/mol. The van der Waals surface area contributed by atoms with Crippen LogP contribution in [0.4, 0.5) is 0 Å². The van der Waals surface area contributed by atoms with Crippen LogP contribution < -0.4 is 0 Å². The summed E-state index contributed by atoms with van der Waals surface area (Å²) < 4.78 is 86.9. The van der Waals surface area contributed by atoms with Gasteiger partial charge < -0.3 is 0 Å². The van der Waals surface area contributed by atoms with Crippen molar-refractivity contribution in [1.82, 2.24) is 15.0 Å². The number of hydrogen-bond donors (Lipinski definition) is 0. The van der Waals surface area contributed by atoms with Crippen molar-refractivity contribution in [3.05, 3.63) is 175 Å². The molecule has 2 aromatic heterocycles. The Morgan fingerprint density at radius 3 is 1.81 bits per heavy atom. The first-order valence-electron chi connectivity index (χ1n) is 21.9. The van der Waals surface area contributed by atoms with Crippen LogP contribution in [0.5, 0.6) is 0 Å². The highest BCUT2D eigenvalue weighted by atomic mass is 32.1. The van der Waals surface area contributed by atoms with Gasteiger partial charge >= 0.3 is 0 Å². The molecule has 0 N–H and O–H groups in total. The monoisotopic (exact) mass is 693 g/mol. The second-order valence-electron chi connectivity index (χ2n) is 13.3. The van der Waals surface area contributed by atoms with Crippen LogP contribution in [0, 0.1) is 0 Å². The molecular weight excluding hydrogens is 651 g/mol. The van der Waals surface area contributed by atoms with E-state index in [4.69, 9.17) is 28.7 Å². The maximum atomic E-state index is 8.91. The molecule has 52 heavy (non-hydrogen) atoms. The number of nitrogens with zero attached hydrogens (tertiary/aromatic N) is 3. The van der Waals surface area contributed by atoms with Gasteiger partial charge in [0.25, 0.3) is 0 Å². The Kier molecular flexibility index (Phi) is 5.02. The topological polar surface area (TPSA) is 38.7 Å². The molecule has 10 rings (SSSR count). The van der Waals surface area contributed by atoms with Gasteiger partial charge in [0.2, 0.25) is 0 Å². The Hall–Kier alpha value is -6.23. The van der Waals surface area contributed by atoms with E-state index in [1.807, 2.05) is 48.5 Å². The number of aromatic nitrogens is 3. The molecule has 0 fully saturated rings. The maximum Gasteiger partial charge on any atom is 0.164 e. The fourth-order valence-electron chi connectivity index (χ4n) is 7.34. The lowest BCUT2D eigenvalue weighted by molar-refractivity contribution is 0.660. The molecule has 7 aromatic carbocycles. The third kappa shape index (κ3) is 4.98. The summed E-state index contributed by atoms with van der Waals surface area (Å²) in [5.74, 6) is 1.43. The minimum absolute atomic E-state index is 0.0584. The van der Waals surface area contributed by atoms with Crippen LogP contribution in [0.2, 0.25) is 0 Å². The molecule has 3 nitrogen and oxygen atoms in total. The van der Waals surface area contributed by atoms with Crippen LogP contribution >= 0.6 is 11.3 Å². The van der Waals surface area contributed by atoms with Crippen molar-refractivity contribution in [2.75, 3.05) is 0 Å². The fraction of sp³-hybridized carbons (Fsp3) is 0.0625. The minimum atomic E-state index is -0.539. The Labute approximate surface area is 321 Å². The molecule has 0 radical (unpaired) electrons.